The number of rotatable bonds is 7. The Labute approximate surface area is 180 Å². The van der Waals surface area contributed by atoms with E-state index in [0.29, 0.717) is 5.56 Å². The molecule has 1 N–H and O–H groups in total. The first-order valence-corrected chi connectivity index (χ1v) is 10.6. The van der Waals surface area contributed by atoms with Crippen molar-refractivity contribution < 1.29 is 28.0 Å². The summed E-state index contributed by atoms with van der Waals surface area (Å²) in [5.74, 6) is -1.13. The van der Waals surface area contributed by atoms with E-state index in [1.807, 2.05) is 0 Å². The lowest BCUT2D eigenvalue weighted by atomic mass is 10.1. The minimum atomic E-state index is -3.82. The van der Waals surface area contributed by atoms with Crippen molar-refractivity contribution in [1.82, 2.24) is 0 Å². The van der Waals surface area contributed by atoms with E-state index in [-0.39, 0.29) is 22.0 Å². The summed E-state index contributed by atoms with van der Waals surface area (Å²) in [6.45, 7) is 0. The van der Waals surface area contributed by atoms with E-state index in [1.165, 1.54) is 36.4 Å². The summed E-state index contributed by atoms with van der Waals surface area (Å²) < 4.78 is 29.1. The zero-order chi connectivity index (χ0) is 21.8. The third kappa shape index (κ3) is 6.60. The van der Waals surface area contributed by atoms with Gasteiger partial charge in [-0.3, -0.25) is 10.1 Å². The Morgan fingerprint density at radius 2 is 1.97 bits per heavy atom. The second-order valence-corrected chi connectivity index (χ2v) is 8.81. The monoisotopic (exact) mass is 479 g/mol. The van der Waals surface area contributed by atoms with E-state index in [1.54, 1.807) is 0 Å². The van der Waals surface area contributed by atoms with Gasteiger partial charge < -0.3 is 9.84 Å². The van der Waals surface area contributed by atoms with Crippen LogP contribution < -0.4 is 4.74 Å². The molecular weight excluding hydrogens is 469 g/mol. The maximum atomic E-state index is 12.3. The summed E-state index contributed by atoms with van der Waals surface area (Å²) in [4.78, 5) is 20.9. The molecule has 0 radical (unpaired) electrons. The van der Waals surface area contributed by atoms with E-state index >= 15 is 0 Å². The molecule has 0 aromatic heterocycles. The number of halogens is 3. The van der Waals surface area contributed by atoms with E-state index < -0.39 is 37.1 Å². The molecule has 1 unspecified atom stereocenters. The average Bonchev–Trinajstić information content (AvgIpc) is 2.61. The second-order valence-electron chi connectivity index (χ2n) is 5.63. The Balaban J connectivity index is 2.15. The van der Waals surface area contributed by atoms with Gasteiger partial charge in [0.2, 0.25) is 0 Å². The summed E-state index contributed by atoms with van der Waals surface area (Å²) in [6, 6.07) is 7.59. The fraction of sp³-hybridized carbons (Fsp3) is 0.118. The Morgan fingerprint density at radius 3 is 2.55 bits per heavy atom. The number of benzene rings is 2. The summed E-state index contributed by atoms with van der Waals surface area (Å²) >= 11 is 16.9. The van der Waals surface area contributed by atoms with Crippen LogP contribution in [-0.2, 0) is 9.84 Å². The zero-order valence-corrected chi connectivity index (χ0v) is 17.4. The van der Waals surface area contributed by atoms with Crippen LogP contribution in [0.2, 0.25) is 5.02 Å². The third-order valence-corrected chi connectivity index (χ3v) is 5.88. The topological polar surface area (TPSA) is 124 Å². The number of hydrogen-bond donors (Lipinski definition) is 1. The van der Waals surface area contributed by atoms with Gasteiger partial charge in [0.15, 0.2) is 21.3 Å². The number of phenols is 1. The molecule has 2 aromatic carbocycles. The van der Waals surface area contributed by atoms with E-state index in [4.69, 9.17) is 34.8 Å². The molecule has 2 rings (SSSR count). The van der Waals surface area contributed by atoms with Gasteiger partial charge in [-0.1, -0.05) is 23.7 Å². The number of carbonyl (C=O) groups is 1. The second kappa shape index (κ2) is 9.45. The van der Waals surface area contributed by atoms with Crippen LogP contribution in [0.15, 0.2) is 41.8 Å². The van der Waals surface area contributed by atoms with Crippen molar-refractivity contribution in [1.29, 1.82) is 0 Å². The summed E-state index contributed by atoms with van der Waals surface area (Å²) in [7, 11) is -3.82. The molecule has 0 saturated heterocycles. The fourth-order valence-corrected chi connectivity index (χ4v) is 4.22. The predicted molar refractivity (Wildman–Crippen MR) is 110 cm³/mol. The lowest BCUT2D eigenvalue weighted by Crippen LogP contribution is -2.08. The molecule has 0 aliphatic rings. The molecule has 0 saturated carbocycles. The Kier molecular flexibility index (Phi) is 7.48. The molecule has 0 amide bonds. The molecule has 0 aliphatic carbocycles. The van der Waals surface area contributed by atoms with Gasteiger partial charge in [-0.2, -0.15) is 0 Å². The Morgan fingerprint density at radius 1 is 1.28 bits per heavy atom. The van der Waals surface area contributed by atoms with Crippen LogP contribution in [0.5, 0.6) is 11.5 Å². The number of sulfone groups is 1. The molecule has 0 fully saturated rings. The van der Waals surface area contributed by atoms with Crippen LogP contribution in [-0.4, -0.2) is 29.6 Å². The molecule has 0 aliphatic heterocycles. The number of carbonyl (C=O) groups excluding carboxylic acids is 1. The highest BCUT2D eigenvalue weighted by Gasteiger charge is 2.21. The lowest BCUT2D eigenvalue weighted by molar-refractivity contribution is -0.384. The van der Waals surface area contributed by atoms with Crippen molar-refractivity contribution in [2.75, 3.05) is 5.75 Å². The van der Waals surface area contributed by atoms with E-state index in [9.17, 15) is 28.4 Å². The molecular formula is C17H12Cl3NO7S. The maximum absolute atomic E-state index is 12.3. The number of ether oxygens (including phenoxy) is 1. The molecule has 0 bridgehead atoms. The van der Waals surface area contributed by atoms with Gasteiger partial charge in [-0.15, -0.1) is 11.6 Å². The predicted octanol–water partition coefficient (Wildman–Crippen LogP) is 5.06. The zero-order valence-electron chi connectivity index (χ0n) is 14.3. The van der Waals surface area contributed by atoms with Crippen LogP contribution >= 0.6 is 34.8 Å². The smallest absolute Gasteiger partial charge is 0.409 e. The molecule has 154 valence electrons. The number of nitro benzene ring substituents is 1. The van der Waals surface area contributed by atoms with Crippen molar-refractivity contribution >= 4 is 61.8 Å². The number of hydrogen-bond acceptors (Lipinski definition) is 7. The van der Waals surface area contributed by atoms with Crippen molar-refractivity contribution in [3.8, 4) is 11.5 Å². The SMILES string of the molecule is O=C(Cl)Oc1ccc(C=CS(=O)(=O)CC(Cl)c2ccc(Cl)c([N+](=O)[O-])c2)cc1O. The fourth-order valence-electron chi connectivity index (χ4n) is 2.21. The Bertz CT molecular complexity index is 1090. The highest BCUT2D eigenvalue weighted by Crippen LogP contribution is 2.31. The van der Waals surface area contributed by atoms with E-state index in [2.05, 4.69) is 4.74 Å². The molecule has 0 heterocycles. The van der Waals surface area contributed by atoms with Gasteiger partial charge in [0, 0.05) is 23.1 Å². The standard InChI is InChI=1S/C17H12Cl3NO7S/c18-12-3-2-11(8-14(12)21(24)25)13(19)9-29(26,27)6-5-10-1-4-16(15(22)7-10)28-17(20)23/h1-8,13,22H,9H2. The Hall–Kier alpha value is -2.33. The summed E-state index contributed by atoms with van der Waals surface area (Å²) in [6.07, 6.45) is 1.20. The van der Waals surface area contributed by atoms with Crippen LogP contribution in [0.25, 0.3) is 6.08 Å². The average molecular weight is 481 g/mol. The lowest BCUT2D eigenvalue weighted by Gasteiger charge is -2.09. The molecule has 8 nitrogen and oxygen atoms in total. The number of nitrogens with zero attached hydrogens (tertiary/aromatic N) is 1. The van der Waals surface area contributed by atoms with Crippen LogP contribution in [0.3, 0.4) is 0 Å². The van der Waals surface area contributed by atoms with Gasteiger partial charge in [0.1, 0.15) is 5.02 Å². The largest absolute Gasteiger partial charge is 0.504 e. The molecule has 29 heavy (non-hydrogen) atoms. The van der Waals surface area contributed by atoms with Gasteiger partial charge in [-0.05, 0) is 35.4 Å². The van der Waals surface area contributed by atoms with Crippen molar-refractivity contribution in [3.63, 3.8) is 0 Å². The van der Waals surface area contributed by atoms with Gasteiger partial charge in [-0.25, -0.2) is 13.2 Å². The first kappa shape index (κ1) is 23.0. The minimum Gasteiger partial charge on any atom is -0.504 e. The van der Waals surface area contributed by atoms with Crippen molar-refractivity contribution in [3.05, 3.63) is 68.1 Å². The first-order valence-electron chi connectivity index (χ1n) is 7.67. The number of aromatic hydroxyl groups is 1. The van der Waals surface area contributed by atoms with Crippen molar-refractivity contribution in [2.24, 2.45) is 0 Å². The van der Waals surface area contributed by atoms with Gasteiger partial charge >= 0.3 is 5.43 Å². The highest BCUT2D eigenvalue weighted by molar-refractivity contribution is 7.94. The minimum absolute atomic E-state index is 0.0894. The maximum Gasteiger partial charge on any atom is 0.409 e. The molecule has 1 atom stereocenters. The number of phenolic OH excluding ortho intramolecular Hbond substituents is 1. The van der Waals surface area contributed by atoms with Gasteiger partial charge in [0.25, 0.3) is 5.69 Å². The van der Waals surface area contributed by atoms with Gasteiger partial charge in [0.05, 0.1) is 16.1 Å². The molecule has 2 aromatic rings. The van der Waals surface area contributed by atoms with Crippen LogP contribution in [0, 0.1) is 10.1 Å². The van der Waals surface area contributed by atoms with E-state index in [0.717, 1.165) is 11.5 Å². The molecule has 12 heteroatoms. The highest BCUT2D eigenvalue weighted by atomic mass is 35.5. The van der Waals surface area contributed by atoms with Crippen LogP contribution in [0.1, 0.15) is 16.5 Å². The molecule has 0 spiro atoms. The summed E-state index contributed by atoms with van der Waals surface area (Å²) in [5.41, 5.74) is -0.990. The third-order valence-electron chi connectivity index (χ3n) is 3.55. The first-order chi connectivity index (χ1) is 13.5. The quantitative estimate of drug-likeness (QED) is 0.254. The number of alkyl halides is 1. The summed E-state index contributed by atoms with van der Waals surface area (Å²) in [5, 5.41) is 20.4. The normalized spacial score (nSPS) is 12.7. The number of nitro groups is 1. The van der Waals surface area contributed by atoms with Crippen LogP contribution in [0.4, 0.5) is 10.5 Å². The van der Waals surface area contributed by atoms with Crippen molar-refractivity contribution in [2.45, 2.75) is 5.38 Å².